The number of carbonyl (C=O) groups excluding carboxylic acids is 2. The molecule has 0 aromatic rings. The molecule has 1 spiro atoms. The van der Waals surface area contributed by atoms with Crippen LogP contribution in [-0.4, -0.2) is 17.4 Å². The van der Waals surface area contributed by atoms with Crippen molar-refractivity contribution in [2.75, 3.05) is 0 Å². The molecule has 0 radical (unpaired) electrons. The van der Waals surface area contributed by atoms with E-state index in [0.29, 0.717) is 23.5 Å². The molecule has 1 heterocycles. The van der Waals surface area contributed by atoms with Crippen molar-refractivity contribution in [3.8, 4) is 0 Å². The Bertz CT molecular complexity index is 761. The molecule has 0 N–H and O–H groups in total. The fraction of sp³-hybridized carbons (Fsp3) is 0.727. The van der Waals surface area contributed by atoms with Crippen molar-refractivity contribution >= 4 is 11.8 Å². The first-order valence-corrected chi connectivity index (χ1v) is 10.2. The molecule has 5 aliphatic carbocycles. The van der Waals surface area contributed by atoms with Gasteiger partial charge in [-0.1, -0.05) is 18.1 Å². The van der Waals surface area contributed by atoms with Crippen LogP contribution in [0, 0.1) is 35.0 Å². The maximum atomic E-state index is 11.9. The fourth-order valence-corrected chi connectivity index (χ4v) is 8.01. The van der Waals surface area contributed by atoms with E-state index in [9.17, 15) is 9.59 Å². The SMILES string of the molecule is C[C@]12CC[C@@H]3C4=C(CC[C@H]3[C@@H]1[C@@H]1C[C@@H]1[C@@]21C=CC(=O)O1)CC(=O)CC4. The third-order valence-electron chi connectivity index (χ3n) is 8.93. The lowest BCUT2D eigenvalue weighted by atomic mass is 9.50. The normalized spacial score (nSPS) is 52.6. The van der Waals surface area contributed by atoms with Crippen LogP contribution in [0.25, 0.3) is 0 Å². The first kappa shape index (κ1) is 14.8. The second-order valence-corrected chi connectivity index (χ2v) is 9.69. The van der Waals surface area contributed by atoms with Crippen LogP contribution in [0.15, 0.2) is 23.3 Å². The van der Waals surface area contributed by atoms with E-state index in [0.717, 1.165) is 43.9 Å². The third-order valence-corrected chi connectivity index (χ3v) is 8.93. The van der Waals surface area contributed by atoms with E-state index in [-0.39, 0.29) is 17.0 Å². The van der Waals surface area contributed by atoms with Gasteiger partial charge in [0.15, 0.2) is 0 Å². The van der Waals surface area contributed by atoms with Crippen LogP contribution >= 0.6 is 0 Å². The summed E-state index contributed by atoms with van der Waals surface area (Å²) in [5.74, 6) is 3.77. The van der Waals surface area contributed by atoms with E-state index >= 15 is 0 Å². The van der Waals surface area contributed by atoms with E-state index in [1.165, 1.54) is 24.8 Å². The number of carbonyl (C=O) groups is 2. The zero-order chi connectivity index (χ0) is 17.0. The Balaban J connectivity index is 1.39. The molecule has 7 atom stereocenters. The van der Waals surface area contributed by atoms with Crippen molar-refractivity contribution in [2.24, 2.45) is 35.0 Å². The molecular formula is C22H26O3. The average Bonchev–Trinajstić information content (AvgIpc) is 3.23. The van der Waals surface area contributed by atoms with Gasteiger partial charge in [-0.05, 0) is 68.3 Å². The molecule has 0 unspecified atom stereocenters. The molecule has 25 heavy (non-hydrogen) atoms. The van der Waals surface area contributed by atoms with Gasteiger partial charge in [0.25, 0.3) is 0 Å². The Morgan fingerprint density at radius 1 is 1.12 bits per heavy atom. The van der Waals surface area contributed by atoms with Crippen LogP contribution in [0.4, 0.5) is 0 Å². The van der Waals surface area contributed by atoms with Gasteiger partial charge in [-0.2, -0.15) is 0 Å². The molecule has 132 valence electrons. The highest BCUT2D eigenvalue weighted by Gasteiger charge is 2.77. The first-order chi connectivity index (χ1) is 12.0. The van der Waals surface area contributed by atoms with Crippen molar-refractivity contribution in [2.45, 2.75) is 63.9 Å². The Morgan fingerprint density at radius 2 is 2.00 bits per heavy atom. The molecule has 6 aliphatic rings. The standard InChI is InChI=1S/C22H26O3/c1-21-8-6-15-14-5-3-13(23)10-12(14)2-4-16(15)20(21)17-11-18(17)22(21)9-7-19(24)25-22/h7,9,15-18,20H,2-6,8,10-11H2,1H3/t15-,16-,17-,18+,20-,21+,22+/m1/s1. The van der Waals surface area contributed by atoms with Gasteiger partial charge in [-0.3, -0.25) is 4.79 Å². The summed E-state index contributed by atoms with van der Waals surface area (Å²) >= 11 is 0. The van der Waals surface area contributed by atoms with E-state index in [1.807, 2.05) is 0 Å². The molecule has 3 nitrogen and oxygen atoms in total. The summed E-state index contributed by atoms with van der Waals surface area (Å²) in [6.07, 6.45) is 12.3. The molecule has 3 saturated carbocycles. The minimum Gasteiger partial charge on any atom is -0.451 e. The smallest absolute Gasteiger partial charge is 0.331 e. The maximum Gasteiger partial charge on any atom is 0.331 e. The summed E-state index contributed by atoms with van der Waals surface area (Å²) < 4.78 is 6.03. The van der Waals surface area contributed by atoms with Crippen LogP contribution < -0.4 is 0 Å². The maximum absolute atomic E-state index is 11.9. The number of hydrogen-bond acceptors (Lipinski definition) is 3. The molecule has 0 saturated heterocycles. The minimum absolute atomic E-state index is 0.118. The monoisotopic (exact) mass is 338 g/mol. The summed E-state index contributed by atoms with van der Waals surface area (Å²) in [6, 6.07) is 0. The molecule has 0 aromatic carbocycles. The summed E-state index contributed by atoms with van der Waals surface area (Å²) in [4.78, 5) is 23.8. The van der Waals surface area contributed by atoms with Gasteiger partial charge in [-0.15, -0.1) is 0 Å². The Hall–Kier alpha value is -1.38. The van der Waals surface area contributed by atoms with Crippen molar-refractivity contribution in [1.29, 1.82) is 0 Å². The summed E-state index contributed by atoms with van der Waals surface area (Å²) in [5, 5.41) is 0. The number of fused-ring (bicyclic) bond motifs is 8. The van der Waals surface area contributed by atoms with Gasteiger partial charge in [0, 0.05) is 30.3 Å². The van der Waals surface area contributed by atoms with Crippen molar-refractivity contribution < 1.29 is 14.3 Å². The number of Topliss-reactive ketones (excluding diaryl/α,β-unsaturated/α-hetero) is 1. The van der Waals surface area contributed by atoms with Gasteiger partial charge in [0.2, 0.25) is 0 Å². The molecule has 0 aromatic heterocycles. The highest BCUT2D eigenvalue weighted by molar-refractivity contribution is 5.86. The summed E-state index contributed by atoms with van der Waals surface area (Å²) in [7, 11) is 0. The minimum atomic E-state index is -0.304. The zero-order valence-corrected chi connectivity index (χ0v) is 14.9. The second kappa shape index (κ2) is 4.47. The van der Waals surface area contributed by atoms with E-state index < -0.39 is 0 Å². The lowest BCUT2D eigenvalue weighted by molar-refractivity contribution is -0.165. The van der Waals surface area contributed by atoms with Crippen LogP contribution in [0.5, 0.6) is 0 Å². The third kappa shape index (κ3) is 1.64. The highest BCUT2D eigenvalue weighted by atomic mass is 16.6. The van der Waals surface area contributed by atoms with Crippen LogP contribution in [-0.2, 0) is 14.3 Å². The van der Waals surface area contributed by atoms with Gasteiger partial charge in [0.1, 0.15) is 11.4 Å². The lowest BCUT2D eigenvalue weighted by Crippen LogP contribution is -2.54. The predicted molar refractivity (Wildman–Crippen MR) is 92.5 cm³/mol. The molecule has 3 heteroatoms. The number of allylic oxidation sites excluding steroid dienone is 2. The van der Waals surface area contributed by atoms with Crippen molar-refractivity contribution in [1.82, 2.24) is 0 Å². The number of rotatable bonds is 0. The Kier molecular flexibility index (Phi) is 2.64. The Labute approximate surface area is 148 Å². The van der Waals surface area contributed by atoms with E-state index in [2.05, 4.69) is 13.0 Å². The van der Waals surface area contributed by atoms with Crippen molar-refractivity contribution in [3.05, 3.63) is 23.3 Å². The molecule has 1 aliphatic heterocycles. The molecular weight excluding hydrogens is 312 g/mol. The predicted octanol–water partition coefficient (Wildman–Crippen LogP) is 3.98. The van der Waals surface area contributed by atoms with Gasteiger partial charge in [-0.25, -0.2) is 4.79 Å². The topological polar surface area (TPSA) is 43.4 Å². The van der Waals surface area contributed by atoms with E-state index in [1.54, 1.807) is 11.6 Å². The Morgan fingerprint density at radius 3 is 2.80 bits per heavy atom. The fourth-order valence-electron chi connectivity index (χ4n) is 8.01. The van der Waals surface area contributed by atoms with Crippen LogP contribution in [0.3, 0.4) is 0 Å². The van der Waals surface area contributed by atoms with Gasteiger partial charge >= 0.3 is 5.97 Å². The average molecular weight is 338 g/mol. The molecule has 3 fully saturated rings. The number of esters is 1. The lowest BCUT2D eigenvalue weighted by Gasteiger charge is -2.55. The van der Waals surface area contributed by atoms with Crippen LogP contribution in [0.2, 0.25) is 0 Å². The number of ketones is 1. The molecule has 0 bridgehead atoms. The van der Waals surface area contributed by atoms with Gasteiger partial charge in [0.05, 0.1) is 0 Å². The summed E-state index contributed by atoms with van der Waals surface area (Å²) in [6.45, 7) is 2.41. The van der Waals surface area contributed by atoms with Crippen molar-refractivity contribution in [3.63, 3.8) is 0 Å². The summed E-state index contributed by atoms with van der Waals surface area (Å²) in [5.41, 5.74) is 2.97. The highest BCUT2D eigenvalue weighted by Crippen LogP contribution is 2.77. The quantitative estimate of drug-likeness (QED) is 0.496. The molecule has 6 rings (SSSR count). The molecule has 0 amide bonds. The zero-order valence-electron chi connectivity index (χ0n) is 14.9. The largest absolute Gasteiger partial charge is 0.451 e. The van der Waals surface area contributed by atoms with E-state index in [4.69, 9.17) is 4.74 Å². The number of hydrogen-bond donors (Lipinski definition) is 0. The van der Waals surface area contributed by atoms with Gasteiger partial charge < -0.3 is 4.74 Å². The second-order valence-electron chi connectivity index (χ2n) is 9.69. The first-order valence-electron chi connectivity index (χ1n) is 10.2. The number of ether oxygens (including phenoxy) is 1. The van der Waals surface area contributed by atoms with Crippen LogP contribution in [0.1, 0.15) is 58.3 Å².